The molecule has 18 heavy (non-hydrogen) atoms. The van der Waals surface area contributed by atoms with Crippen LogP contribution in [-0.2, 0) is 9.31 Å². The lowest BCUT2D eigenvalue weighted by molar-refractivity contribution is 0.00578. The van der Waals surface area contributed by atoms with Crippen LogP contribution < -0.4 is 11.2 Å². The van der Waals surface area contributed by atoms with E-state index in [0.29, 0.717) is 0 Å². The SMILES string of the molecule is CC1(C)OB(c2ccc(F)c(N)c2F)OC1(C)C. The van der Waals surface area contributed by atoms with Gasteiger partial charge in [-0.25, -0.2) is 8.78 Å². The molecule has 0 radical (unpaired) electrons. The maximum Gasteiger partial charge on any atom is 0.497 e. The van der Waals surface area contributed by atoms with Crippen LogP contribution >= 0.6 is 0 Å². The first-order chi connectivity index (χ1) is 8.16. The van der Waals surface area contributed by atoms with Gasteiger partial charge in [-0.05, 0) is 33.8 Å². The van der Waals surface area contributed by atoms with Crippen LogP contribution in [0, 0.1) is 11.6 Å². The minimum absolute atomic E-state index is 0.118. The summed E-state index contributed by atoms with van der Waals surface area (Å²) < 4.78 is 38.4. The lowest BCUT2D eigenvalue weighted by Crippen LogP contribution is -2.41. The molecular weight excluding hydrogens is 239 g/mol. The summed E-state index contributed by atoms with van der Waals surface area (Å²) in [4.78, 5) is 0. The summed E-state index contributed by atoms with van der Waals surface area (Å²) in [5, 5.41) is 0. The Balaban J connectivity index is 2.39. The molecule has 1 saturated heterocycles. The van der Waals surface area contributed by atoms with Crippen LogP contribution in [0.25, 0.3) is 0 Å². The molecule has 3 nitrogen and oxygen atoms in total. The zero-order valence-corrected chi connectivity index (χ0v) is 10.9. The quantitative estimate of drug-likeness (QED) is 0.615. The molecule has 2 N–H and O–H groups in total. The summed E-state index contributed by atoms with van der Waals surface area (Å²) in [7, 11) is -0.877. The summed E-state index contributed by atoms with van der Waals surface area (Å²) >= 11 is 0. The van der Waals surface area contributed by atoms with Crippen LogP contribution in [0.2, 0.25) is 0 Å². The van der Waals surface area contributed by atoms with E-state index in [1.807, 2.05) is 27.7 Å². The summed E-state index contributed by atoms with van der Waals surface area (Å²) in [6.45, 7) is 7.44. The monoisotopic (exact) mass is 255 g/mol. The molecule has 1 fully saturated rings. The zero-order valence-electron chi connectivity index (χ0n) is 10.9. The van der Waals surface area contributed by atoms with Gasteiger partial charge in [-0.3, -0.25) is 0 Å². The van der Waals surface area contributed by atoms with E-state index in [1.165, 1.54) is 6.07 Å². The molecule has 0 unspecified atom stereocenters. The Hall–Kier alpha value is -1.14. The van der Waals surface area contributed by atoms with E-state index in [2.05, 4.69) is 0 Å². The summed E-state index contributed by atoms with van der Waals surface area (Å²) in [5.41, 5.74) is 3.78. The van der Waals surface area contributed by atoms with Crippen molar-refractivity contribution in [1.29, 1.82) is 0 Å². The van der Waals surface area contributed by atoms with E-state index < -0.39 is 35.6 Å². The van der Waals surface area contributed by atoms with E-state index in [1.54, 1.807) is 0 Å². The van der Waals surface area contributed by atoms with Gasteiger partial charge in [0.25, 0.3) is 0 Å². The van der Waals surface area contributed by atoms with Crippen molar-refractivity contribution in [3.8, 4) is 0 Å². The molecule has 98 valence electrons. The molecule has 1 aliphatic heterocycles. The molecule has 2 rings (SSSR count). The van der Waals surface area contributed by atoms with E-state index >= 15 is 0 Å². The van der Waals surface area contributed by atoms with Gasteiger partial charge in [-0.15, -0.1) is 0 Å². The highest BCUT2D eigenvalue weighted by Crippen LogP contribution is 2.36. The van der Waals surface area contributed by atoms with E-state index in [9.17, 15) is 8.78 Å². The van der Waals surface area contributed by atoms with E-state index in [-0.39, 0.29) is 5.46 Å². The number of hydrogen-bond donors (Lipinski definition) is 1. The molecule has 0 aromatic heterocycles. The van der Waals surface area contributed by atoms with Gasteiger partial charge >= 0.3 is 7.12 Å². The van der Waals surface area contributed by atoms with E-state index in [0.717, 1.165) is 6.07 Å². The summed E-state index contributed by atoms with van der Waals surface area (Å²) in [5.74, 6) is -1.61. The van der Waals surface area contributed by atoms with E-state index in [4.69, 9.17) is 15.0 Å². The van der Waals surface area contributed by atoms with Crippen molar-refractivity contribution in [3.63, 3.8) is 0 Å². The third-order valence-electron chi connectivity index (χ3n) is 3.66. The highest BCUT2D eigenvalue weighted by Gasteiger charge is 2.52. The molecule has 0 bridgehead atoms. The van der Waals surface area contributed by atoms with Crippen molar-refractivity contribution in [3.05, 3.63) is 23.8 Å². The molecule has 0 aliphatic carbocycles. The number of anilines is 1. The molecule has 0 spiro atoms. The Labute approximate surface area is 105 Å². The predicted octanol–water partition coefficient (Wildman–Crippen LogP) is 1.85. The standard InChI is InChI=1S/C12H16BF2NO2/c1-11(2)12(3,4)18-13(17-11)7-5-6-8(14)10(16)9(7)15/h5-6H,16H2,1-4H3. The third-order valence-corrected chi connectivity index (χ3v) is 3.66. The lowest BCUT2D eigenvalue weighted by atomic mass is 9.78. The molecule has 1 heterocycles. The number of hydrogen-bond acceptors (Lipinski definition) is 3. The third kappa shape index (κ3) is 1.89. The molecule has 1 aromatic carbocycles. The summed E-state index contributed by atoms with van der Waals surface area (Å²) in [6.07, 6.45) is 0. The van der Waals surface area contributed by atoms with Crippen LogP contribution in [-0.4, -0.2) is 18.3 Å². The van der Waals surface area contributed by atoms with Crippen molar-refractivity contribution in [2.45, 2.75) is 38.9 Å². The molecule has 0 amide bonds. The molecule has 1 aromatic rings. The Morgan fingerprint density at radius 1 is 1.06 bits per heavy atom. The highest BCUT2D eigenvalue weighted by molar-refractivity contribution is 6.62. The average molecular weight is 255 g/mol. The van der Waals surface area contributed by atoms with Crippen LogP contribution in [0.1, 0.15) is 27.7 Å². The Morgan fingerprint density at radius 3 is 2.06 bits per heavy atom. The number of benzene rings is 1. The zero-order chi connectivity index (χ0) is 13.7. The molecular formula is C12H16BF2NO2. The number of halogens is 2. The maximum atomic E-state index is 13.9. The molecule has 6 heteroatoms. The van der Waals surface area contributed by atoms with Gasteiger partial charge in [0.2, 0.25) is 0 Å². The Kier molecular flexibility index (Phi) is 2.90. The van der Waals surface area contributed by atoms with Gasteiger partial charge in [-0.2, -0.15) is 0 Å². The van der Waals surface area contributed by atoms with Gasteiger partial charge in [0.05, 0.1) is 11.2 Å². The number of nitrogens with two attached hydrogens (primary N) is 1. The van der Waals surface area contributed by atoms with Crippen molar-refractivity contribution in [2.75, 3.05) is 5.73 Å². The molecule has 1 aliphatic rings. The van der Waals surface area contributed by atoms with Crippen LogP contribution in [0.3, 0.4) is 0 Å². The topological polar surface area (TPSA) is 44.5 Å². The van der Waals surface area contributed by atoms with Gasteiger partial charge in [-0.1, -0.05) is 6.07 Å². The maximum absolute atomic E-state index is 13.9. The van der Waals surface area contributed by atoms with Crippen LogP contribution in [0.5, 0.6) is 0 Å². The van der Waals surface area contributed by atoms with Gasteiger partial charge < -0.3 is 15.0 Å². The highest BCUT2D eigenvalue weighted by atomic mass is 19.1. The number of nitrogen functional groups attached to an aromatic ring is 1. The van der Waals surface area contributed by atoms with Crippen LogP contribution in [0.4, 0.5) is 14.5 Å². The van der Waals surface area contributed by atoms with Crippen molar-refractivity contribution >= 4 is 18.3 Å². The average Bonchev–Trinajstić information content (AvgIpc) is 2.45. The second-order valence-electron chi connectivity index (χ2n) is 5.45. The first-order valence-electron chi connectivity index (χ1n) is 5.75. The summed E-state index contributed by atoms with van der Waals surface area (Å²) in [6, 6.07) is 2.40. The Morgan fingerprint density at radius 2 is 1.56 bits per heavy atom. The van der Waals surface area contributed by atoms with Gasteiger partial charge in [0, 0.05) is 5.46 Å². The van der Waals surface area contributed by atoms with Crippen molar-refractivity contribution < 1.29 is 18.1 Å². The predicted molar refractivity (Wildman–Crippen MR) is 66.5 cm³/mol. The largest absolute Gasteiger partial charge is 0.497 e. The first kappa shape index (κ1) is 13.3. The fraction of sp³-hybridized carbons (Fsp3) is 0.500. The lowest BCUT2D eigenvalue weighted by Gasteiger charge is -2.32. The minimum atomic E-state index is -0.877. The second kappa shape index (κ2) is 3.93. The fourth-order valence-electron chi connectivity index (χ4n) is 1.74. The van der Waals surface area contributed by atoms with Crippen molar-refractivity contribution in [2.24, 2.45) is 0 Å². The Bertz CT molecular complexity index is 475. The number of rotatable bonds is 1. The molecule has 0 atom stereocenters. The van der Waals surface area contributed by atoms with Gasteiger partial charge in [0.1, 0.15) is 17.3 Å². The van der Waals surface area contributed by atoms with Gasteiger partial charge in [0.15, 0.2) is 0 Å². The second-order valence-corrected chi connectivity index (χ2v) is 5.45. The molecule has 0 saturated carbocycles. The smallest absolute Gasteiger partial charge is 0.399 e. The normalized spacial score (nSPS) is 21.3. The minimum Gasteiger partial charge on any atom is -0.399 e. The first-order valence-corrected chi connectivity index (χ1v) is 5.75. The van der Waals surface area contributed by atoms with Crippen molar-refractivity contribution in [1.82, 2.24) is 0 Å². The fourth-order valence-corrected chi connectivity index (χ4v) is 1.74. The van der Waals surface area contributed by atoms with Crippen LogP contribution in [0.15, 0.2) is 12.1 Å².